The van der Waals surface area contributed by atoms with Gasteiger partial charge in [0.25, 0.3) is 0 Å². The second-order valence-corrected chi connectivity index (χ2v) is 4.43. The van der Waals surface area contributed by atoms with Crippen LogP contribution in [0.2, 0.25) is 0 Å². The standard InChI is InChI=1S/C17H16O/c1-3-16(18)17(2,14-10-6-4-7-11-14)15-12-8-5-9-13-15/h3-13H,1H2,2H3. The number of carbonyl (C=O) groups is 1. The molecule has 2 rings (SSSR count). The van der Waals surface area contributed by atoms with E-state index in [0.29, 0.717) is 0 Å². The van der Waals surface area contributed by atoms with Gasteiger partial charge in [0.2, 0.25) is 0 Å². The number of hydrogen-bond acceptors (Lipinski definition) is 1. The largest absolute Gasteiger partial charge is 0.293 e. The number of ketones is 1. The summed E-state index contributed by atoms with van der Waals surface area (Å²) in [7, 11) is 0. The minimum Gasteiger partial charge on any atom is -0.293 e. The van der Waals surface area contributed by atoms with Crippen molar-refractivity contribution in [3.63, 3.8) is 0 Å². The van der Waals surface area contributed by atoms with E-state index in [-0.39, 0.29) is 5.78 Å². The lowest BCUT2D eigenvalue weighted by Crippen LogP contribution is -2.32. The molecule has 0 saturated carbocycles. The van der Waals surface area contributed by atoms with E-state index >= 15 is 0 Å². The van der Waals surface area contributed by atoms with E-state index in [1.54, 1.807) is 0 Å². The van der Waals surface area contributed by atoms with Crippen LogP contribution in [0.5, 0.6) is 0 Å². The predicted molar refractivity (Wildman–Crippen MR) is 74.5 cm³/mol. The first-order chi connectivity index (χ1) is 8.69. The van der Waals surface area contributed by atoms with Crippen molar-refractivity contribution in [3.8, 4) is 0 Å². The van der Waals surface area contributed by atoms with Gasteiger partial charge in [0.1, 0.15) is 0 Å². The van der Waals surface area contributed by atoms with Crippen LogP contribution in [0, 0.1) is 0 Å². The SMILES string of the molecule is C=CC(=O)C(C)(c1ccccc1)c1ccccc1. The van der Waals surface area contributed by atoms with Crippen molar-refractivity contribution in [1.29, 1.82) is 0 Å². The summed E-state index contributed by atoms with van der Waals surface area (Å²) in [6, 6.07) is 19.6. The van der Waals surface area contributed by atoms with Crippen molar-refractivity contribution < 1.29 is 4.79 Å². The van der Waals surface area contributed by atoms with Gasteiger partial charge in [-0.15, -0.1) is 0 Å². The lowest BCUT2D eigenvalue weighted by atomic mass is 9.73. The summed E-state index contributed by atoms with van der Waals surface area (Å²) in [6.45, 7) is 5.57. The second kappa shape index (κ2) is 5.01. The van der Waals surface area contributed by atoms with Crippen LogP contribution >= 0.6 is 0 Å². The third-order valence-electron chi connectivity index (χ3n) is 3.38. The first-order valence-corrected chi connectivity index (χ1v) is 5.97. The summed E-state index contributed by atoms with van der Waals surface area (Å²) >= 11 is 0. The molecule has 2 aromatic rings. The summed E-state index contributed by atoms with van der Waals surface area (Å²) in [5.41, 5.74) is 1.31. The Hall–Kier alpha value is -2.15. The topological polar surface area (TPSA) is 17.1 Å². The molecule has 0 fully saturated rings. The molecule has 18 heavy (non-hydrogen) atoms. The minimum atomic E-state index is -0.662. The number of benzene rings is 2. The zero-order chi connectivity index (χ0) is 13.0. The van der Waals surface area contributed by atoms with E-state index < -0.39 is 5.41 Å². The number of carbonyl (C=O) groups excluding carboxylic acids is 1. The summed E-state index contributed by atoms with van der Waals surface area (Å²) < 4.78 is 0. The van der Waals surface area contributed by atoms with E-state index in [1.165, 1.54) is 6.08 Å². The van der Waals surface area contributed by atoms with Gasteiger partial charge < -0.3 is 0 Å². The Morgan fingerprint density at radius 1 is 0.944 bits per heavy atom. The maximum absolute atomic E-state index is 12.3. The first-order valence-electron chi connectivity index (χ1n) is 5.97. The molecule has 0 aliphatic rings. The summed E-state index contributed by atoms with van der Waals surface area (Å²) in [6.07, 6.45) is 1.40. The van der Waals surface area contributed by atoms with Crippen LogP contribution in [0.1, 0.15) is 18.1 Å². The third kappa shape index (κ3) is 2.00. The highest BCUT2D eigenvalue weighted by atomic mass is 16.1. The molecule has 90 valence electrons. The smallest absolute Gasteiger partial charge is 0.169 e. The highest BCUT2D eigenvalue weighted by molar-refractivity contribution is 6.01. The first kappa shape index (κ1) is 12.3. The minimum absolute atomic E-state index is 0.0138. The van der Waals surface area contributed by atoms with Gasteiger partial charge in [-0.1, -0.05) is 67.2 Å². The van der Waals surface area contributed by atoms with E-state index in [0.717, 1.165) is 11.1 Å². The molecule has 2 aromatic carbocycles. The fourth-order valence-electron chi connectivity index (χ4n) is 2.20. The van der Waals surface area contributed by atoms with Crippen LogP contribution in [-0.4, -0.2) is 5.78 Å². The van der Waals surface area contributed by atoms with Crippen molar-refractivity contribution in [3.05, 3.63) is 84.4 Å². The van der Waals surface area contributed by atoms with Crippen LogP contribution in [0.3, 0.4) is 0 Å². The summed E-state index contributed by atoms with van der Waals surface area (Å²) in [5.74, 6) is 0.0138. The lowest BCUT2D eigenvalue weighted by Gasteiger charge is -2.28. The Bertz CT molecular complexity index is 501. The molecule has 0 radical (unpaired) electrons. The molecule has 1 nitrogen and oxygen atoms in total. The molecule has 0 heterocycles. The van der Waals surface area contributed by atoms with Crippen molar-refractivity contribution >= 4 is 5.78 Å². The van der Waals surface area contributed by atoms with Crippen molar-refractivity contribution in [1.82, 2.24) is 0 Å². The molecule has 1 heteroatoms. The van der Waals surface area contributed by atoms with Crippen molar-refractivity contribution in [2.45, 2.75) is 12.3 Å². The van der Waals surface area contributed by atoms with Gasteiger partial charge in [-0.05, 0) is 24.1 Å². The van der Waals surface area contributed by atoms with E-state index in [4.69, 9.17) is 0 Å². The van der Waals surface area contributed by atoms with Gasteiger partial charge in [0.15, 0.2) is 5.78 Å². The average molecular weight is 236 g/mol. The average Bonchev–Trinajstić information content (AvgIpc) is 2.47. The van der Waals surface area contributed by atoms with Crippen molar-refractivity contribution in [2.75, 3.05) is 0 Å². The van der Waals surface area contributed by atoms with Crippen molar-refractivity contribution in [2.24, 2.45) is 0 Å². The zero-order valence-corrected chi connectivity index (χ0v) is 10.5. The molecule has 0 unspecified atom stereocenters. The van der Waals surface area contributed by atoms with Crippen LogP contribution in [-0.2, 0) is 10.2 Å². The number of allylic oxidation sites excluding steroid dienone is 1. The van der Waals surface area contributed by atoms with Gasteiger partial charge in [-0.3, -0.25) is 4.79 Å². The van der Waals surface area contributed by atoms with Gasteiger partial charge in [0, 0.05) is 0 Å². The molecule has 0 spiro atoms. The Balaban J connectivity index is 2.62. The van der Waals surface area contributed by atoms with Crippen LogP contribution < -0.4 is 0 Å². The van der Waals surface area contributed by atoms with Gasteiger partial charge in [-0.25, -0.2) is 0 Å². The Morgan fingerprint density at radius 3 is 1.67 bits per heavy atom. The second-order valence-electron chi connectivity index (χ2n) is 4.43. The molecule has 0 N–H and O–H groups in total. The lowest BCUT2D eigenvalue weighted by molar-refractivity contribution is -0.118. The molecular formula is C17H16O. The fraction of sp³-hybridized carbons (Fsp3) is 0.118. The molecule has 0 aliphatic carbocycles. The van der Waals surface area contributed by atoms with Gasteiger partial charge >= 0.3 is 0 Å². The van der Waals surface area contributed by atoms with E-state index in [2.05, 4.69) is 6.58 Å². The molecule has 0 atom stereocenters. The Morgan fingerprint density at radius 2 is 1.33 bits per heavy atom. The van der Waals surface area contributed by atoms with E-state index in [1.807, 2.05) is 67.6 Å². The predicted octanol–water partition coefficient (Wildman–Crippen LogP) is 3.75. The molecule has 0 saturated heterocycles. The number of hydrogen-bond donors (Lipinski definition) is 0. The summed E-state index contributed by atoms with van der Waals surface area (Å²) in [4.78, 5) is 12.3. The zero-order valence-electron chi connectivity index (χ0n) is 10.5. The molecule has 0 bridgehead atoms. The van der Waals surface area contributed by atoms with Crippen LogP contribution in [0.15, 0.2) is 73.3 Å². The highest BCUT2D eigenvalue weighted by Crippen LogP contribution is 2.33. The molecular weight excluding hydrogens is 220 g/mol. The Labute approximate surface area is 108 Å². The molecule has 0 amide bonds. The number of rotatable bonds is 4. The monoisotopic (exact) mass is 236 g/mol. The normalized spacial score (nSPS) is 10.9. The summed E-state index contributed by atoms with van der Waals surface area (Å²) in [5, 5.41) is 0. The van der Waals surface area contributed by atoms with E-state index in [9.17, 15) is 4.79 Å². The third-order valence-corrected chi connectivity index (χ3v) is 3.38. The van der Waals surface area contributed by atoms with Gasteiger partial charge in [0.05, 0.1) is 5.41 Å². The quantitative estimate of drug-likeness (QED) is 0.739. The maximum atomic E-state index is 12.3. The molecule has 0 aliphatic heterocycles. The Kier molecular flexibility index (Phi) is 3.42. The van der Waals surface area contributed by atoms with Gasteiger partial charge in [-0.2, -0.15) is 0 Å². The maximum Gasteiger partial charge on any atom is 0.169 e. The highest BCUT2D eigenvalue weighted by Gasteiger charge is 2.34. The van der Waals surface area contributed by atoms with Crippen LogP contribution in [0.4, 0.5) is 0 Å². The fourth-order valence-corrected chi connectivity index (χ4v) is 2.20. The molecule has 0 aromatic heterocycles. The van der Waals surface area contributed by atoms with Crippen LogP contribution in [0.25, 0.3) is 0 Å².